The first-order valence-electron chi connectivity index (χ1n) is 13.7. The van der Waals surface area contributed by atoms with Gasteiger partial charge in [-0.25, -0.2) is 0 Å². The van der Waals surface area contributed by atoms with Gasteiger partial charge in [0.15, 0.2) is 0 Å². The summed E-state index contributed by atoms with van der Waals surface area (Å²) in [5.41, 5.74) is 7.15. The van der Waals surface area contributed by atoms with Crippen molar-refractivity contribution in [3.63, 3.8) is 0 Å². The van der Waals surface area contributed by atoms with Crippen LogP contribution in [0.4, 0.5) is 0 Å². The van der Waals surface area contributed by atoms with Gasteiger partial charge in [0.05, 0.1) is 0 Å². The topological polar surface area (TPSA) is 0 Å². The lowest BCUT2D eigenvalue weighted by atomic mass is 9.84. The molecule has 0 atom stereocenters. The molecule has 0 saturated carbocycles. The molecule has 7 aromatic rings. The summed E-state index contributed by atoms with van der Waals surface area (Å²) in [4.78, 5) is 0. The second kappa shape index (κ2) is 9.84. The molecule has 0 bridgehead atoms. The van der Waals surface area contributed by atoms with E-state index in [9.17, 15) is 0 Å². The van der Waals surface area contributed by atoms with E-state index in [1.54, 1.807) is 0 Å². The van der Waals surface area contributed by atoms with Crippen molar-refractivity contribution in [2.24, 2.45) is 0 Å². The first-order valence-corrected chi connectivity index (χ1v) is 13.7. The van der Waals surface area contributed by atoms with Crippen LogP contribution >= 0.6 is 0 Å². The second-order valence-electron chi connectivity index (χ2n) is 10.2. The molecule has 0 aromatic heterocycles. The van der Waals surface area contributed by atoms with Gasteiger partial charge < -0.3 is 0 Å². The lowest BCUT2D eigenvalue weighted by Gasteiger charge is -2.19. The summed E-state index contributed by atoms with van der Waals surface area (Å²) < 4.78 is 0. The summed E-state index contributed by atoms with van der Waals surface area (Å²) in [7, 11) is 0. The molecule has 0 spiro atoms. The summed E-state index contributed by atoms with van der Waals surface area (Å²) in [5.74, 6) is 0. The van der Waals surface area contributed by atoms with Crippen LogP contribution in [0.3, 0.4) is 0 Å². The van der Waals surface area contributed by atoms with Crippen molar-refractivity contribution < 1.29 is 0 Å². The number of fused-ring (bicyclic) bond motifs is 4. The lowest BCUT2D eigenvalue weighted by Crippen LogP contribution is -1.93. The maximum absolute atomic E-state index is 4.08. The van der Waals surface area contributed by atoms with E-state index in [4.69, 9.17) is 0 Å². The van der Waals surface area contributed by atoms with Crippen molar-refractivity contribution in [1.82, 2.24) is 0 Å². The molecule has 40 heavy (non-hydrogen) atoms. The largest absolute Gasteiger partial charge is 0.0990 e. The molecular weight excluding hydrogens is 480 g/mol. The fourth-order valence-electron chi connectivity index (χ4n) is 6.08. The van der Waals surface area contributed by atoms with E-state index in [2.05, 4.69) is 141 Å². The predicted octanol–water partition coefficient (Wildman–Crippen LogP) is 11.4. The Morgan fingerprint density at radius 2 is 0.950 bits per heavy atom. The highest BCUT2D eigenvalue weighted by atomic mass is 14.2. The lowest BCUT2D eigenvalue weighted by molar-refractivity contribution is 1.65. The quantitative estimate of drug-likeness (QED) is 0.160. The molecule has 7 rings (SSSR count). The van der Waals surface area contributed by atoms with Crippen molar-refractivity contribution in [2.45, 2.75) is 0 Å². The standard InChI is InChI=1S/C40H28/c1-3-11-27(4-2)32-22-23-37-38(26-32)40(34-21-19-29-13-6-8-15-31(29)25-34)36-17-10-9-16-35(36)39(37)33-20-18-28-12-5-7-14-30(28)24-33/h3-26H,1-2H2. The van der Waals surface area contributed by atoms with Crippen LogP contribution in [0, 0.1) is 0 Å². The van der Waals surface area contributed by atoms with Gasteiger partial charge in [0, 0.05) is 0 Å². The van der Waals surface area contributed by atoms with Crippen LogP contribution in [-0.4, -0.2) is 0 Å². The summed E-state index contributed by atoms with van der Waals surface area (Å²) in [6, 6.07) is 46.5. The zero-order valence-electron chi connectivity index (χ0n) is 22.3. The molecule has 0 aliphatic heterocycles. The van der Waals surface area contributed by atoms with Crippen molar-refractivity contribution in [1.29, 1.82) is 0 Å². The average Bonchev–Trinajstić information content (AvgIpc) is 3.01. The van der Waals surface area contributed by atoms with Gasteiger partial charge in [-0.05, 0) is 94.7 Å². The van der Waals surface area contributed by atoms with Gasteiger partial charge in [-0.2, -0.15) is 0 Å². The SMILES string of the molecule is C=CC=C(C=C)c1ccc2c(-c3ccc4ccccc4c3)c3ccccc3c(-c3ccc4ccccc4c3)c2c1. The van der Waals surface area contributed by atoms with Crippen LogP contribution in [0.15, 0.2) is 159 Å². The van der Waals surface area contributed by atoms with E-state index in [1.165, 1.54) is 65.3 Å². The maximum Gasteiger partial charge on any atom is -0.00259 e. The number of benzene rings is 7. The Labute approximate surface area is 234 Å². The van der Waals surface area contributed by atoms with Crippen molar-refractivity contribution in [2.75, 3.05) is 0 Å². The van der Waals surface area contributed by atoms with Gasteiger partial charge in [-0.3, -0.25) is 0 Å². The first kappa shape index (κ1) is 23.9. The Morgan fingerprint density at radius 3 is 1.50 bits per heavy atom. The average molecular weight is 509 g/mol. The van der Waals surface area contributed by atoms with Gasteiger partial charge in [0.1, 0.15) is 0 Å². The molecule has 0 aliphatic rings. The summed E-state index contributed by atoms with van der Waals surface area (Å²) in [6.45, 7) is 8.00. The monoisotopic (exact) mass is 508 g/mol. The van der Waals surface area contributed by atoms with E-state index < -0.39 is 0 Å². The van der Waals surface area contributed by atoms with Crippen LogP contribution in [0.5, 0.6) is 0 Å². The fourth-order valence-corrected chi connectivity index (χ4v) is 6.08. The predicted molar refractivity (Wildman–Crippen MR) is 176 cm³/mol. The number of rotatable bonds is 5. The molecule has 0 heteroatoms. The van der Waals surface area contributed by atoms with Gasteiger partial charge in [-0.1, -0.05) is 141 Å². The summed E-state index contributed by atoms with van der Waals surface area (Å²) >= 11 is 0. The first-order chi connectivity index (χ1) is 19.7. The fraction of sp³-hybridized carbons (Fsp3) is 0. The third-order valence-electron chi connectivity index (χ3n) is 7.95. The summed E-state index contributed by atoms with van der Waals surface area (Å²) in [6.07, 6.45) is 5.76. The van der Waals surface area contributed by atoms with Gasteiger partial charge in [-0.15, -0.1) is 0 Å². The molecule has 0 fully saturated rings. The third-order valence-corrected chi connectivity index (χ3v) is 7.95. The molecule has 188 valence electrons. The minimum atomic E-state index is 1.06. The Bertz CT molecular complexity index is 2140. The van der Waals surface area contributed by atoms with Crippen molar-refractivity contribution >= 4 is 48.7 Å². The molecule has 0 unspecified atom stereocenters. The Balaban J connectivity index is 1.63. The molecule has 0 radical (unpaired) electrons. The van der Waals surface area contributed by atoms with Crippen molar-refractivity contribution in [3.8, 4) is 22.3 Å². The minimum Gasteiger partial charge on any atom is -0.0990 e. The molecule has 0 heterocycles. The zero-order valence-corrected chi connectivity index (χ0v) is 22.3. The highest BCUT2D eigenvalue weighted by molar-refractivity contribution is 6.22. The number of hydrogen-bond donors (Lipinski definition) is 0. The Kier molecular flexibility index (Phi) is 5.87. The normalized spacial score (nSPS) is 11.8. The molecule has 0 aliphatic carbocycles. The maximum atomic E-state index is 4.08. The van der Waals surface area contributed by atoms with E-state index in [1.807, 2.05) is 18.2 Å². The smallest absolute Gasteiger partial charge is 0.00259 e. The highest BCUT2D eigenvalue weighted by Gasteiger charge is 2.18. The van der Waals surface area contributed by atoms with Crippen LogP contribution in [-0.2, 0) is 0 Å². The molecule has 0 saturated heterocycles. The van der Waals surface area contributed by atoms with E-state index >= 15 is 0 Å². The van der Waals surface area contributed by atoms with Crippen LogP contribution in [0.2, 0.25) is 0 Å². The zero-order chi connectivity index (χ0) is 27.1. The van der Waals surface area contributed by atoms with E-state index in [0.29, 0.717) is 0 Å². The van der Waals surface area contributed by atoms with Crippen LogP contribution in [0.1, 0.15) is 5.56 Å². The number of allylic oxidation sites excluding steroid dienone is 4. The molecular formula is C40H28. The van der Waals surface area contributed by atoms with E-state index in [0.717, 1.165) is 11.1 Å². The number of hydrogen-bond acceptors (Lipinski definition) is 0. The molecule has 7 aromatic carbocycles. The van der Waals surface area contributed by atoms with Gasteiger partial charge in [0.25, 0.3) is 0 Å². The van der Waals surface area contributed by atoms with Crippen LogP contribution in [0.25, 0.3) is 70.9 Å². The van der Waals surface area contributed by atoms with Crippen molar-refractivity contribution in [3.05, 3.63) is 164 Å². The Hall–Kier alpha value is -5.20. The highest BCUT2D eigenvalue weighted by Crippen LogP contribution is 2.45. The third kappa shape index (κ3) is 3.94. The van der Waals surface area contributed by atoms with E-state index in [-0.39, 0.29) is 0 Å². The van der Waals surface area contributed by atoms with Crippen LogP contribution < -0.4 is 0 Å². The molecule has 0 amide bonds. The minimum absolute atomic E-state index is 1.06. The molecule has 0 nitrogen and oxygen atoms in total. The Morgan fingerprint density at radius 1 is 0.450 bits per heavy atom. The molecule has 0 N–H and O–H groups in total. The van der Waals surface area contributed by atoms with Gasteiger partial charge in [0.2, 0.25) is 0 Å². The summed E-state index contributed by atoms with van der Waals surface area (Å²) in [5, 5.41) is 9.96. The van der Waals surface area contributed by atoms with Gasteiger partial charge >= 0.3 is 0 Å². The second-order valence-corrected chi connectivity index (χ2v) is 10.2.